The minimum Gasteiger partial charge on any atom is -0.493 e. The molecule has 1 unspecified atom stereocenters. The number of hydrogen-bond acceptors (Lipinski definition) is 5. The molecule has 1 aliphatic heterocycles. The van der Waals surface area contributed by atoms with Crippen molar-refractivity contribution in [3.63, 3.8) is 0 Å². The molecule has 0 saturated carbocycles. The first-order valence-corrected chi connectivity index (χ1v) is 7.85. The van der Waals surface area contributed by atoms with Crippen molar-refractivity contribution in [3.05, 3.63) is 23.8 Å². The van der Waals surface area contributed by atoms with E-state index in [0.29, 0.717) is 42.8 Å². The Morgan fingerprint density at radius 3 is 2.39 bits per heavy atom. The van der Waals surface area contributed by atoms with Gasteiger partial charge >= 0.3 is 0 Å². The van der Waals surface area contributed by atoms with Crippen LogP contribution in [0.1, 0.15) is 17.3 Å². The van der Waals surface area contributed by atoms with Gasteiger partial charge in [-0.1, -0.05) is 6.07 Å². The van der Waals surface area contributed by atoms with Crippen LogP contribution in [0.25, 0.3) is 0 Å². The van der Waals surface area contributed by atoms with Gasteiger partial charge in [0.2, 0.25) is 0 Å². The molecule has 1 aliphatic rings. The summed E-state index contributed by atoms with van der Waals surface area (Å²) in [6.07, 6.45) is 0. The number of piperazine rings is 1. The van der Waals surface area contributed by atoms with Gasteiger partial charge in [0.15, 0.2) is 11.5 Å². The average Bonchev–Trinajstić information content (AvgIpc) is 2.60. The molecule has 1 saturated heterocycles. The molecule has 0 aromatic heterocycles. The highest BCUT2D eigenvalue weighted by atomic mass is 16.5. The van der Waals surface area contributed by atoms with Crippen LogP contribution in [0.4, 0.5) is 0 Å². The van der Waals surface area contributed by atoms with E-state index in [9.17, 15) is 4.79 Å². The van der Waals surface area contributed by atoms with Gasteiger partial charge in [-0.3, -0.25) is 9.69 Å². The number of benzene rings is 1. The number of ether oxygens (including phenoxy) is 3. The zero-order valence-corrected chi connectivity index (χ0v) is 14.4. The molecule has 23 heavy (non-hydrogen) atoms. The average molecular weight is 322 g/mol. The van der Waals surface area contributed by atoms with E-state index in [1.54, 1.807) is 33.5 Å². The summed E-state index contributed by atoms with van der Waals surface area (Å²) in [5, 5.41) is 0. The van der Waals surface area contributed by atoms with Crippen molar-refractivity contribution >= 4 is 5.91 Å². The molecule has 1 aromatic rings. The molecule has 1 aromatic carbocycles. The maximum atomic E-state index is 12.8. The van der Waals surface area contributed by atoms with E-state index < -0.39 is 0 Å². The Morgan fingerprint density at radius 1 is 1.13 bits per heavy atom. The number of para-hydroxylation sites is 1. The molecule has 0 radical (unpaired) electrons. The minimum atomic E-state index is -0.0141. The lowest BCUT2D eigenvalue weighted by molar-refractivity contribution is 0.0446. The van der Waals surface area contributed by atoms with Crippen molar-refractivity contribution in [2.45, 2.75) is 13.0 Å². The second-order valence-corrected chi connectivity index (χ2v) is 5.67. The molecule has 6 nitrogen and oxygen atoms in total. The Hall–Kier alpha value is -1.79. The van der Waals surface area contributed by atoms with Crippen LogP contribution in [0.15, 0.2) is 18.2 Å². The first-order valence-electron chi connectivity index (χ1n) is 7.85. The summed E-state index contributed by atoms with van der Waals surface area (Å²) in [5.41, 5.74) is 0.547. The summed E-state index contributed by atoms with van der Waals surface area (Å²) in [7, 11) is 4.84. The van der Waals surface area contributed by atoms with Crippen LogP contribution in [0.3, 0.4) is 0 Å². The first-order chi connectivity index (χ1) is 11.1. The van der Waals surface area contributed by atoms with Crippen molar-refractivity contribution in [3.8, 4) is 11.5 Å². The molecule has 0 aliphatic carbocycles. The van der Waals surface area contributed by atoms with Gasteiger partial charge in [-0.2, -0.15) is 0 Å². The Morgan fingerprint density at radius 2 is 1.83 bits per heavy atom. The minimum absolute atomic E-state index is 0.0141. The number of carbonyl (C=O) groups excluding carboxylic acids is 1. The molecular formula is C17H26N2O4. The normalized spacial score (nSPS) is 17.0. The van der Waals surface area contributed by atoms with Gasteiger partial charge in [0.25, 0.3) is 5.91 Å². The Labute approximate surface area is 137 Å². The van der Waals surface area contributed by atoms with Gasteiger partial charge in [-0.05, 0) is 19.1 Å². The molecular weight excluding hydrogens is 296 g/mol. The summed E-state index contributed by atoms with van der Waals surface area (Å²) in [5.74, 6) is 1.06. The van der Waals surface area contributed by atoms with E-state index in [4.69, 9.17) is 14.2 Å². The van der Waals surface area contributed by atoms with Crippen molar-refractivity contribution in [1.29, 1.82) is 0 Å². The number of nitrogens with zero attached hydrogens (tertiary/aromatic N) is 2. The van der Waals surface area contributed by atoms with Gasteiger partial charge < -0.3 is 19.1 Å². The van der Waals surface area contributed by atoms with Crippen molar-refractivity contribution in [2.24, 2.45) is 0 Å². The van der Waals surface area contributed by atoms with E-state index in [1.165, 1.54) is 0 Å². The van der Waals surface area contributed by atoms with Gasteiger partial charge in [-0.15, -0.1) is 0 Å². The third-order valence-corrected chi connectivity index (χ3v) is 4.27. The van der Waals surface area contributed by atoms with E-state index in [1.807, 2.05) is 11.0 Å². The highest BCUT2D eigenvalue weighted by molar-refractivity contribution is 5.97. The molecule has 1 atom stereocenters. The zero-order valence-electron chi connectivity index (χ0n) is 14.4. The summed E-state index contributed by atoms with van der Waals surface area (Å²) in [6, 6.07) is 5.75. The molecule has 0 spiro atoms. The Bertz CT molecular complexity index is 527. The van der Waals surface area contributed by atoms with E-state index in [-0.39, 0.29) is 5.91 Å². The Kier molecular flexibility index (Phi) is 6.24. The van der Waals surface area contributed by atoms with E-state index in [0.717, 1.165) is 13.1 Å². The number of amides is 1. The lowest BCUT2D eigenvalue weighted by Gasteiger charge is -2.38. The largest absolute Gasteiger partial charge is 0.493 e. The van der Waals surface area contributed by atoms with Crippen LogP contribution in [0.2, 0.25) is 0 Å². The van der Waals surface area contributed by atoms with Crippen molar-refractivity contribution < 1.29 is 19.0 Å². The second kappa shape index (κ2) is 8.17. The molecule has 0 bridgehead atoms. The van der Waals surface area contributed by atoms with Crippen LogP contribution in [-0.2, 0) is 4.74 Å². The number of hydrogen-bond donors (Lipinski definition) is 0. The van der Waals surface area contributed by atoms with Crippen molar-refractivity contribution in [1.82, 2.24) is 9.80 Å². The summed E-state index contributed by atoms with van der Waals surface area (Å²) in [4.78, 5) is 17.0. The van der Waals surface area contributed by atoms with Crippen molar-refractivity contribution in [2.75, 3.05) is 54.1 Å². The molecule has 1 fully saturated rings. The van der Waals surface area contributed by atoms with Crippen LogP contribution >= 0.6 is 0 Å². The predicted molar refractivity (Wildman–Crippen MR) is 88.4 cm³/mol. The summed E-state index contributed by atoms with van der Waals surface area (Å²) in [6.45, 7) is 5.95. The van der Waals surface area contributed by atoms with Gasteiger partial charge in [0, 0.05) is 39.3 Å². The zero-order chi connectivity index (χ0) is 16.8. The molecule has 128 valence electrons. The van der Waals surface area contributed by atoms with Gasteiger partial charge in [0.1, 0.15) is 0 Å². The van der Waals surface area contributed by atoms with Crippen LogP contribution < -0.4 is 9.47 Å². The van der Waals surface area contributed by atoms with Gasteiger partial charge in [0.05, 0.1) is 26.4 Å². The topological polar surface area (TPSA) is 51.2 Å². The maximum absolute atomic E-state index is 12.8. The summed E-state index contributed by atoms with van der Waals surface area (Å²) < 4.78 is 15.8. The number of carbonyl (C=O) groups is 1. The molecule has 1 heterocycles. The van der Waals surface area contributed by atoms with Gasteiger partial charge in [-0.25, -0.2) is 0 Å². The Balaban J connectivity index is 2.06. The number of rotatable bonds is 6. The fourth-order valence-electron chi connectivity index (χ4n) is 2.94. The summed E-state index contributed by atoms with van der Waals surface area (Å²) >= 11 is 0. The SMILES string of the molecule is COCC(C)N1CCN(C(=O)c2cccc(OC)c2OC)CC1. The van der Waals surface area contributed by atoms with Crippen LogP contribution in [-0.4, -0.2) is 75.9 Å². The van der Waals surface area contributed by atoms with Crippen LogP contribution in [0.5, 0.6) is 11.5 Å². The molecule has 6 heteroatoms. The monoisotopic (exact) mass is 322 g/mol. The molecule has 1 amide bonds. The third kappa shape index (κ3) is 3.95. The number of methoxy groups -OCH3 is 3. The fraction of sp³-hybridized carbons (Fsp3) is 0.588. The highest BCUT2D eigenvalue weighted by Gasteiger charge is 2.27. The highest BCUT2D eigenvalue weighted by Crippen LogP contribution is 2.31. The second-order valence-electron chi connectivity index (χ2n) is 5.67. The smallest absolute Gasteiger partial charge is 0.257 e. The fourth-order valence-corrected chi connectivity index (χ4v) is 2.94. The quantitative estimate of drug-likeness (QED) is 0.794. The molecule has 2 rings (SSSR count). The lowest BCUT2D eigenvalue weighted by atomic mass is 10.1. The first kappa shape index (κ1) is 17.6. The predicted octanol–water partition coefficient (Wildman–Crippen LogP) is 1.50. The van der Waals surface area contributed by atoms with Crippen LogP contribution in [0, 0.1) is 0 Å². The third-order valence-electron chi connectivity index (χ3n) is 4.27. The molecule has 0 N–H and O–H groups in total. The lowest BCUT2D eigenvalue weighted by Crippen LogP contribution is -2.52. The standard InChI is InChI=1S/C17H26N2O4/c1-13(12-21-2)18-8-10-19(11-9-18)17(20)14-6-5-7-15(22-3)16(14)23-4/h5-7,13H,8-12H2,1-4H3. The maximum Gasteiger partial charge on any atom is 0.257 e. The van der Waals surface area contributed by atoms with E-state index >= 15 is 0 Å². The van der Waals surface area contributed by atoms with E-state index in [2.05, 4.69) is 11.8 Å².